The summed E-state index contributed by atoms with van der Waals surface area (Å²) in [5, 5.41) is 21.4. The van der Waals surface area contributed by atoms with Crippen LogP contribution < -0.4 is 10.1 Å². The van der Waals surface area contributed by atoms with Gasteiger partial charge in [-0.15, -0.1) is 0 Å². The van der Waals surface area contributed by atoms with E-state index in [1.807, 2.05) is 36.4 Å². The highest BCUT2D eigenvalue weighted by Gasteiger charge is 2.26. The van der Waals surface area contributed by atoms with E-state index >= 15 is 0 Å². The summed E-state index contributed by atoms with van der Waals surface area (Å²) in [5.74, 6) is 1.53. The van der Waals surface area contributed by atoms with Crippen LogP contribution in [0.15, 0.2) is 60.7 Å². The van der Waals surface area contributed by atoms with Crippen molar-refractivity contribution in [1.82, 2.24) is 10.2 Å². The summed E-state index contributed by atoms with van der Waals surface area (Å²) in [6.45, 7) is 4.31. The van der Waals surface area contributed by atoms with Crippen LogP contribution in [0.2, 0.25) is 0 Å². The van der Waals surface area contributed by atoms with Gasteiger partial charge < -0.3 is 20.1 Å². The van der Waals surface area contributed by atoms with E-state index in [-0.39, 0.29) is 12.5 Å². The minimum Gasteiger partial charge on any atom is -0.491 e. The Morgan fingerprint density at radius 2 is 1.66 bits per heavy atom. The van der Waals surface area contributed by atoms with E-state index in [1.165, 1.54) is 29.5 Å². The van der Waals surface area contributed by atoms with Crippen molar-refractivity contribution >= 4 is 5.91 Å². The number of carbonyl (C=O) groups is 1. The highest BCUT2D eigenvalue weighted by molar-refractivity contribution is 5.94. The van der Waals surface area contributed by atoms with Crippen molar-refractivity contribution in [1.29, 1.82) is 5.26 Å². The fourth-order valence-corrected chi connectivity index (χ4v) is 6.24. The number of hydrogen-bond donors (Lipinski definition) is 2. The molecule has 1 fully saturated rings. The lowest BCUT2D eigenvalue weighted by atomic mass is 9.83. The molecular weight excluding hydrogens is 510 g/mol. The Morgan fingerprint density at radius 3 is 2.37 bits per heavy atom. The van der Waals surface area contributed by atoms with Crippen LogP contribution in [0.25, 0.3) is 11.1 Å². The Bertz CT molecular complexity index is 1340. The highest BCUT2D eigenvalue weighted by atomic mass is 16.5. The molecule has 0 unspecified atom stereocenters. The first-order valence-electron chi connectivity index (χ1n) is 15.2. The molecule has 1 heterocycles. The van der Waals surface area contributed by atoms with E-state index in [4.69, 9.17) is 10.00 Å². The van der Waals surface area contributed by atoms with E-state index < -0.39 is 0 Å². The predicted octanol–water partition coefficient (Wildman–Crippen LogP) is 5.86. The average Bonchev–Trinajstić information content (AvgIpc) is 3.03. The number of nitrogens with zero attached hydrogens (tertiary/aromatic N) is 2. The van der Waals surface area contributed by atoms with Gasteiger partial charge in [0.2, 0.25) is 0 Å². The van der Waals surface area contributed by atoms with Crippen molar-refractivity contribution in [2.45, 2.75) is 57.3 Å². The average molecular weight is 552 g/mol. The molecule has 0 bridgehead atoms. The molecule has 6 heteroatoms. The number of aliphatic hydroxyl groups excluding tert-OH is 1. The van der Waals surface area contributed by atoms with Crippen LogP contribution in [-0.4, -0.2) is 55.3 Å². The minimum atomic E-state index is -0.0403. The second kappa shape index (κ2) is 14.3. The number of unbranched alkanes of at least 4 members (excludes halogenated alkanes) is 1. The van der Waals surface area contributed by atoms with Gasteiger partial charge in [0.1, 0.15) is 12.4 Å². The molecule has 0 atom stereocenters. The number of fused-ring (bicyclic) bond motifs is 1. The number of rotatable bonds is 11. The topological polar surface area (TPSA) is 85.6 Å². The molecule has 0 aromatic heterocycles. The zero-order chi connectivity index (χ0) is 28.4. The Balaban J connectivity index is 1.03. The molecule has 0 radical (unpaired) electrons. The van der Waals surface area contributed by atoms with Crippen LogP contribution in [0.1, 0.15) is 77.1 Å². The molecule has 3 aromatic rings. The van der Waals surface area contributed by atoms with Crippen molar-refractivity contribution in [2.75, 3.05) is 39.4 Å². The fraction of sp³-hybridized carbons (Fsp3) is 0.429. The summed E-state index contributed by atoms with van der Waals surface area (Å²) in [7, 11) is 0. The van der Waals surface area contributed by atoms with Crippen LogP contribution >= 0.6 is 0 Å². The van der Waals surface area contributed by atoms with Gasteiger partial charge in [0.15, 0.2) is 0 Å². The van der Waals surface area contributed by atoms with Gasteiger partial charge in [0.25, 0.3) is 5.91 Å². The minimum absolute atomic E-state index is 0.0403. The molecule has 214 valence electrons. The Kier molecular flexibility index (Phi) is 10.1. The van der Waals surface area contributed by atoms with E-state index in [1.54, 1.807) is 12.1 Å². The number of aryl methyl sites for hydroxylation is 1. The fourth-order valence-electron chi connectivity index (χ4n) is 6.24. The second-order valence-corrected chi connectivity index (χ2v) is 11.2. The summed E-state index contributed by atoms with van der Waals surface area (Å²) in [4.78, 5) is 15.2. The first kappa shape index (κ1) is 28.9. The van der Waals surface area contributed by atoms with Gasteiger partial charge in [0.05, 0.1) is 18.2 Å². The number of benzene rings is 3. The molecule has 2 aliphatic rings. The summed E-state index contributed by atoms with van der Waals surface area (Å²) >= 11 is 0. The largest absolute Gasteiger partial charge is 0.491 e. The standard InChI is InChI=1S/C35H41N3O3/c36-25-26-7-9-27(10-8-26)28-11-13-31(14-12-28)35(40)37-19-3-4-20-38-21-17-30(18-22-38)33-16-15-29-5-1-2-6-32(29)34(33)41-24-23-39/h7-16,30,39H,1-6,17-24H2,(H,37,40). The number of likely N-dealkylation sites (tertiary alicyclic amines) is 1. The van der Waals surface area contributed by atoms with Crippen LogP contribution in [-0.2, 0) is 12.8 Å². The highest BCUT2D eigenvalue weighted by Crippen LogP contribution is 2.40. The monoisotopic (exact) mass is 551 g/mol. The molecule has 6 nitrogen and oxygen atoms in total. The Morgan fingerprint density at radius 1 is 0.951 bits per heavy atom. The first-order chi connectivity index (χ1) is 20.2. The van der Waals surface area contributed by atoms with E-state index in [0.717, 1.165) is 75.0 Å². The predicted molar refractivity (Wildman–Crippen MR) is 162 cm³/mol. The number of amides is 1. The van der Waals surface area contributed by atoms with Crippen LogP contribution in [0.4, 0.5) is 0 Å². The molecule has 0 saturated carbocycles. The first-order valence-corrected chi connectivity index (χ1v) is 15.2. The van der Waals surface area contributed by atoms with Gasteiger partial charge in [-0.05, 0) is 129 Å². The maximum atomic E-state index is 12.6. The number of hydrogen-bond acceptors (Lipinski definition) is 5. The Hall–Kier alpha value is -3.66. The molecular formula is C35H41N3O3. The molecule has 41 heavy (non-hydrogen) atoms. The van der Waals surface area contributed by atoms with Crippen LogP contribution in [0.5, 0.6) is 5.75 Å². The van der Waals surface area contributed by atoms with Gasteiger partial charge in [-0.1, -0.05) is 36.4 Å². The lowest BCUT2D eigenvalue weighted by molar-refractivity contribution is 0.0952. The van der Waals surface area contributed by atoms with Crippen molar-refractivity contribution in [3.05, 3.63) is 88.5 Å². The molecule has 2 N–H and O–H groups in total. The van der Waals surface area contributed by atoms with Crippen molar-refractivity contribution in [2.24, 2.45) is 0 Å². The Labute approximate surface area is 244 Å². The number of piperidine rings is 1. The number of nitrogens with one attached hydrogen (secondary N) is 1. The number of carbonyl (C=O) groups excluding carboxylic acids is 1. The third-order valence-corrected chi connectivity index (χ3v) is 8.56. The summed E-state index contributed by atoms with van der Waals surface area (Å²) in [6.07, 6.45) is 8.97. The summed E-state index contributed by atoms with van der Waals surface area (Å²) in [5.41, 5.74) is 7.50. The van der Waals surface area contributed by atoms with Crippen molar-refractivity contribution in [3.63, 3.8) is 0 Å². The molecule has 0 spiro atoms. The lowest BCUT2D eigenvalue weighted by Gasteiger charge is -2.34. The third kappa shape index (κ3) is 7.35. The van der Waals surface area contributed by atoms with Gasteiger partial charge in [-0.3, -0.25) is 4.79 Å². The maximum Gasteiger partial charge on any atom is 0.251 e. The van der Waals surface area contributed by atoms with Gasteiger partial charge in [-0.2, -0.15) is 5.26 Å². The number of nitriles is 1. The van der Waals surface area contributed by atoms with E-state index in [2.05, 4.69) is 28.4 Å². The van der Waals surface area contributed by atoms with Crippen LogP contribution in [0, 0.1) is 11.3 Å². The normalized spacial score (nSPS) is 15.6. The molecule has 5 rings (SSSR count). The molecule has 1 aliphatic carbocycles. The zero-order valence-corrected chi connectivity index (χ0v) is 23.9. The second-order valence-electron chi connectivity index (χ2n) is 11.2. The third-order valence-electron chi connectivity index (χ3n) is 8.56. The number of aliphatic hydroxyl groups is 1. The zero-order valence-electron chi connectivity index (χ0n) is 23.9. The number of ether oxygens (including phenoxy) is 1. The summed E-state index contributed by atoms with van der Waals surface area (Å²) in [6, 6.07) is 21.8. The van der Waals surface area contributed by atoms with Gasteiger partial charge in [0, 0.05) is 12.1 Å². The van der Waals surface area contributed by atoms with Crippen molar-refractivity contribution < 1.29 is 14.6 Å². The van der Waals surface area contributed by atoms with Gasteiger partial charge in [-0.25, -0.2) is 0 Å². The van der Waals surface area contributed by atoms with Crippen molar-refractivity contribution in [3.8, 4) is 22.9 Å². The molecule has 3 aromatic carbocycles. The summed E-state index contributed by atoms with van der Waals surface area (Å²) < 4.78 is 6.13. The SMILES string of the molecule is N#Cc1ccc(-c2ccc(C(=O)NCCCCN3CCC(c4ccc5c(c4OCCO)CCCC5)CC3)cc2)cc1. The van der Waals surface area contributed by atoms with Gasteiger partial charge >= 0.3 is 0 Å². The molecule has 1 amide bonds. The maximum absolute atomic E-state index is 12.6. The molecule has 1 aliphatic heterocycles. The molecule has 1 saturated heterocycles. The smallest absolute Gasteiger partial charge is 0.251 e. The lowest BCUT2D eigenvalue weighted by Crippen LogP contribution is -2.34. The van der Waals surface area contributed by atoms with Crippen LogP contribution in [0.3, 0.4) is 0 Å². The quantitative estimate of drug-likeness (QED) is 0.292. The van der Waals surface area contributed by atoms with E-state index in [9.17, 15) is 9.90 Å². The van der Waals surface area contributed by atoms with E-state index in [0.29, 0.717) is 30.2 Å².